The predicted molar refractivity (Wildman–Crippen MR) is 102 cm³/mol. The molecule has 1 N–H and O–H groups in total. The van der Waals surface area contributed by atoms with Crippen LogP contribution >= 0.6 is 11.8 Å². The average molecular weight is 346 g/mol. The quantitative estimate of drug-likeness (QED) is 0.646. The minimum absolute atomic E-state index is 0.0329. The largest absolute Gasteiger partial charge is 0.323 e. The summed E-state index contributed by atoms with van der Waals surface area (Å²) < 4.78 is 0. The summed E-state index contributed by atoms with van der Waals surface area (Å²) in [5, 5.41) is 3.11. The Kier molecular flexibility index (Phi) is 6.21. The van der Waals surface area contributed by atoms with Crippen molar-refractivity contribution in [3.8, 4) is 0 Å². The maximum absolute atomic E-state index is 12.7. The van der Waals surface area contributed by atoms with Gasteiger partial charge >= 0.3 is 6.03 Å². The van der Waals surface area contributed by atoms with Crippen molar-refractivity contribution in [2.45, 2.75) is 36.6 Å². The summed E-state index contributed by atoms with van der Waals surface area (Å²) >= 11 is 1.70. The van der Waals surface area contributed by atoms with Crippen LogP contribution in [0.1, 0.15) is 25.7 Å². The first kappa shape index (κ1) is 17.4. The molecule has 0 radical (unpaired) electrons. The molecular formula is C19H27N3OS. The van der Waals surface area contributed by atoms with Crippen LogP contribution in [0.15, 0.2) is 41.8 Å². The van der Waals surface area contributed by atoms with Crippen molar-refractivity contribution in [3.05, 3.63) is 36.9 Å². The van der Waals surface area contributed by atoms with Gasteiger partial charge in [-0.05, 0) is 50.9 Å². The van der Waals surface area contributed by atoms with Crippen LogP contribution in [-0.2, 0) is 0 Å². The zero-order valence-corrected chi connectivity index (χ0v) is 15.1. The minimum Gasteiger partial charge on any atom is -0.323 e. The van der Waals surface area contributed by atoms with Gasteiger partial charge in [0.25, 0.3) is 0 Å². The standard InChI is InChI=1S/C19H27N3OS/c1-2-14-24-18-10-4-3-9-17(18)20-19(23)22-13-7-8-16(15-22)21-11-5-6-12-21/h2-4,9-10,16H,1,5-8,11-15H2,(H,20,23)/t16-/m1/s1. The van der Waals surface area contributed by atoms with E-state index in [0.29, 0.717) is 6.04 Å². The van der Waals surface area contributed by atoms with Crippen molar-refractivity contribution >= 4 is 23.5 Å². The van der Waals surface area contributed by atoms with Crippen LogP contribution in [0.3, 0.4) is 0 Å². The normalized spacial score (nSPS) is 21.7. The van der Waals surface area contributed by atoms with E-state index in [-0.39, 0.29) is 6.03 Å². The summed E-state index contributed by atoms with van der Waals surface area (Å²) in [5.74, 6) is 0.841. The number of carbonyl (C=O) groups is 1. The lowest BCUT2D eigenvalue weighted by molar-refractivity contribution is 0.131. The van der Waals surface area contributed by atoms with E-state index in [4.69, 9.17) is 0 Å². The number of piperidine rings is 1. The molecule has 0 aliphatic carbocycles. The fourth-order valence-corrected chi connectivity index (χ4v) is 4.33. The third-order valence-electron chi connectivity index (χ3n) is 4.83. The Morgan fingerprint density at radius 1 is 1.25 bits per heavy atom. The Balaban J connectivity index is 1.61. The van der Waals surface area contributed by atoms with Crippen LogP contribution in [0.25, 0.3) is 0 Å². The molecule has 0 unspecified atom stereocenters. The van der Waals surface area contributed by atoms with E-state index in [1.165, 1.54) is 32.4 Å². The molecule has 0 bridgehead atoms. The molecule has 2 saturated heterocycles. The second-order valence-electron chi connectivity index (χ2n) is 6.51. The second-order valence-corrected chi connectivity index (χ2v) is 7.57. The van der Waals surface area contributed by atoms with Gasteiger partial charge in [0.1, 0.15) is 0 Å². The second kappa shape index (κ2) is 8.58. The Bertz CT molecular complexity index is 571. The van der Waals surface area contributed by atoms with Gasteiger partial charge in [0, 0.05) is 29.8 Å². The maximum Gasteiger partial charge on any atom is 0.321 e. The first-order valence-corrected chi connectivity index (χ1v) is 9.89. The number of hydrogen-bond acceptors (Lipinski definition) is 3. The van der Waals surface area contributed by atoms with Gasteiger partial charge in [-0.1, -0.05) is 18.2 Å². The summed E-state index contributed by atoms with van der Waals surface area (Å²) in [6.45, 7) is 7.87. The molecule has 2 fully saturated rings. The number of nitrogens with zero attached hydrogens (tertiary/aromatic N) is 2. The van der Waals surface area contributed by atoms with Crippen molar-refractivity contribution in [1.82, 2.24) is 9.80 Å². The average Bonchev–Trinajstić information content (AvgIpc) is 3.16. The monoisotopic (exact) mass is 345 g/mol. The fraction of sp³-hybridized carbons (Fsp3) is 0.526. The Labute approximate surface area is 149 Å². The number of carbonyl (C=O) groups excluding carboxylic acids is 1. The van der Waals surface area contributed by atoms with Gasteiger partial charge in [-0.3, -0.25) is 4.90 Å². The lowest BCUT2D eigenvalue weighted by Gasteiger charge is -2.37. The molecule has 1 atom stereocenters. The van der Waals surface area contributed by atoms with Crippen molar-refractivity contribution in [2.75, 3.05) is 37.2 Å². The Morgan fingerprint density at radius 3 is 2.83 bits per heavy atom. The number of benzene rings is 1. The molecular weight excluding hydrogens is 318 g/mol. The van der Waals surface area contributed by atoms with E-state index in [0.717, 1.165) is 35.8 Å². The molecule has 2 amide bonds. The molecule has 3 rings (SSSR count). The first-order chi connectivity index (χ1) is 11.8. The molecule has 130 valence electrons. The third kappa shape index (κ3) is 4.33. The highest BCUT2D eigenvalue weighted by atomic mass is 32.2. The number of likely N-dealkylation sites (tertiary alicyclic amines) is 2. The number of amides is 2. The molecule has 4 nitrogen and oxygen atoms in total. The number of para-hydroxylation sites is 1. The molecule has 1 aromatic carbocycles. The molecule has 2 heterocycles. The number of thioether (sulfide) groups is 1. The summed E-state index contributed by atoms with van der Waals surface area (Å²) in [6, 6.07) is 8.57. The predicted octanol–water partition coefficient (Wildman–Crippen LogP) is 4.06. The van der Waals surface area contributed by atoms with Crippen molar-refractivity contribution < 1.29 is 4.79 Å². The summed E-state index contributed by atoms with van der Waals surface area (Å²) in [5.41, 5.74) is 0.901. The SMILES string of the molecule is C=CCSc1ccccc1NC(=O)N1CCC[C@@H](N2CCCC2)C1. The lowest BCUT2D eigenvalue weighted by atomic mass is 10.0. The van der Waals surface area contributed by atoms with E-state index in [1.54, 1.807) is 11.8 Å². The van der Waals surface area contributed by atoms with E-state index < -0.39 is 0 Å². The van der Waals surface area contributed by atoms with Gasteiger partial charge in [0.15, 0.2) is 0 Å². The summed E-state index contributed by atoms with van der Waals surface area (Å²) in [7, 11) is 0. The topological polar surface area (TPSA) is 35.6 Å². The molecule has 2 aliphatic heterocycles. The van der Waals surface area contributed by atoms with Gasteiger partial charge in [0.05, 0.1) is 5.69 Å². The summed E-state index contributed by atoms with van der Waals surface area (Å²) in [6.07, 6.45) is 6.80. The van der Waals surface area contributed by atoms with Crippen LogP contribution < -0.4 is 5.32 Å². The maximum atomic E-state index is 12.7. The zero-order valence-electron chi connectivity index (χ0n) is 14.2. The number of anilines is 1. The van der Waals surface area contributed by atoms with Crippen molar-refractivity contribution in [1.29, 1.82) is 0 Å². The molecule has 1 aromatic rings. The molecule has 2 aliphatic rings. The van der Waals surface area contributed by atoms with Gasteiger partial charge in [-0.15, -0.1) is 18.3 Å². The zero-order chi connectivity index (χ0) is 16.8. The van der Waals surface area contributed by atoms with E-state index in [1.807, 2.05) is 35.2 Å². The van der Waals surface area contributed by atoms with Crippen LogP contribution in [0.5, 0.6) is 0 Å². The van der Waals surface area contributed by atoms with Crippen LogP contribution in [0, 0.1) is 0 Å². The van der Waals surface area contributed by atoms with Crippen molar-refractivity contribution in [3.63, 3.8) is 0 Å². The van der Waals surface area contributed by atoms with Crippen molar-refractivity contribution in [2.24, 2.45) is 0 Å². The smallest absolute Gasteiger partial charge is 0.321 e. The summed E-state index contributed by atoms with van der Waals surface area (Å²) in [4.78, 5) is 18.4. The minimum atomic E-state index is 0.0329. The van der Waals surface area contributed by atoms with E-state index >= 15 is 0 Å². The number of urea groups is 1. The third-order valence-corrected chi connectivity index (χ3v) is 5.90. The molecule has 24 heavy (non-hydrogen) atoms. The van der Waals surface area contributed by atoms with E-state index in [9.17, 15) is 4.79 Å². The Hall–Kier alpha value is -1.46. The highest BCUT2D eigenvalue weighted by molar-refractivity contribution is 7.99. The van der Waals surface area contributed by atoms with E-state index in [2.05, 4.69) is 16.8 Å². The number of hydrogen-bond donors (Lipinski definition) is 1. The van der Waals surface area contributed by atoms with Crippen LogP contribution in [0.4, 0.5) is 10.5 Å². The Morgan fingerprint density at radius 2 is 2.04 bits per heavy atom. The van der Waals surface area contributed by atoms with Gasteiger partial charge in [-0.25, -0.2) is 4.79 Å². The molecule has 5 heteroatoms. The van der Waals surface area contributed by atoms with Gasteiger partial charge in [-0.2, -0.15) is 0 Å². The molecule has 0 aromatic heterocycles. The van der Waals surface area contributed by atoms with Crippen LogP contribution in [-0.4, -0.2) is 53.8 Å². The van der Waals surface area contributed by atoms with Gasteiger partial charge in [0.2, 0.25) is 0 Å². The lowest BCUT2D eigenvalue weighted by Crippen LogP contribution is -2.50. The van der Waals surface area contributed by atoms with Gasteiger partial charge < -0.3 is 10.2 Å². The first-order valence-electron chi connectivity index (χ1n) is 8.90. The van der Waals surface area contributed by atoms with Crippen LogP contribution in [0.2, 0.25) is 0 Å². The number of nitrogens with one attached hydrogen (secondary N) is 1. The fourth-order valence-electron chi connectivity index (χ4n) is 3.58. The highest BCUT2D eigenvalue weighted by Crippen LogP contribution is 2.28. The molecule has 0 saturated carbocycles. The molecule has 0 spiro atoms. The number of rotatable bonds is 5. The highest BCUT2D eigenvalue weighted by Gasteiger charge is 2.29.